The Morgan fingerprint density at radius 3 is 2.65 bits per heavy atom. The highest BCUT2D eigenvalue weighted by molar-refractivity contribution is 5.86. The van der Waals surface area contributed by atoms with Crippen molar-refractivity contribution in [3.8, 4) is 0 Å². The first-order valence-corrected chi connectivity index (χ1v) is 9.81. The van der Waals surface area contributed by atoms with Gasteiger partial charge in [0.2, 0.25) is 0 Å². The fourth-order valence-corrected chi connectivity index (χ4v) is 4.59. The molecule has 2 aliphatic rings. The normalized spacial score (nSPS) is 26.7. The summed E-state index contributed by atoms with van der Waals surface area (Å²) in [6.07, 6.45) is 7.00. The van der Waals surface area contributed by atoms with Gasteiger partial charge in [-0.3, -0.25) is 4.90 Å². The maximum Gasteiger partial charge on any atom is 0.0730 e. The van der Waals surface area contributed by atoms with E-state index in [0.717, 1.165) is 39.0 Å². The number of likely N-dealkylation sites (tertiary alicyclic amines) is 1. The molecule has 1 aliphatic heterocycles. The van der Waals surface area contributed by atoms with Gasteiger partial charge in [-0.05, 0) is 42.0 Å². The lowest BCUT2D eigenvalue weighted by Gasteiger charge is -2.37. The lowest BCUT2D eigenvalue weighted by molar-refractivity contribution is -0.0315. The minimum atomic E-state index is -0.141. The van der Waals surface area contributed by atoms with Crippen LogP contribution in [-0.2, 0) is 11.2 Å². The second-order valence-electron chi connectivity index (χ2n) is 7.59. The van der Waals surface area contributed by atoms with Gasteiger partial charge in [0.05, 0.1) is 18.8 Å². The van der Waals surface area contributed by atoms with Crippen LogP contribution in [0.5, 0.6) is 0 Å². The van der Waals surface area contributed by atoms with Crippen molar-refractivity contribution in [1.29, 1.82) is 0 Å². The van der Waals surface area contributed by atoms with Crippen molar-refractivity contribution in [1.82, 2.24) is 4.90 Å². The van der Waals surface area contributed by atoms with Gasteiger partial charge in [-0.25, -0.2) is 0 Å². The molecular weight excluding hydrogens is 346 g/mol. The van der Waals surface area contributed by atoms with Crippen LogP contribution in [0, 0.1) is 0 Å². The first-order chi connectivity index (χ1) is 12.3. The summed E-state index contributed by atoms with van der Waals surface area (Å²) in [5.41, 5.74) is 1.38. The van der Waals surface area contributed by atoms with Crippen molar-refractivity contribution in [3.05, 3.63) is 48.0 Å². The fourth-order valence-electron chi connectivity index (χ4n) is 4.59. The number of hydrogen-bond donors (Lipinski definition) is 1. The van der Waals surface area contributed by atoms with Crippen LogP contribution < -0.4 is 0 Å². The molecule has 2 aromatic rings. The van der Waals surface area contributed by atoms with E-state index in [9.17, 15) is 5.11 Å². The molecule has 0 spiro atoms. The summed E-state index contributed by atoms with van der Waals surface area (Å²) >= 11 is 0. The summed E-state index contributed by atoms with van der Waals surface area (Å²) in [7, 11) is 0. The lowest BCUT2D eigenvalue weighted by Crippen LogP contribution is -2.46. The van der Waals surface area contributed by atoms with Gasteiger partial charge in [0.1, 0.15) is 0 Å². The van der Waals surface area contributed by atoms with Crippen molar-refractivity contribution >= 4 is 23.2 Å². The molecule has 142 valence electrons. The Morgan fingerprint density at radius 2 is 1.81 bits per heavy atom. The number of β-amino-alcohol motifs (C(OH)–C–C–N with tert-alkyl or cyclic N) is 1. The molecule has 1 saturated heterocycles. The summed E-state index contributed by atoms with van der Waals surface area (Å²) in [6.45, 7) is 2.63. The summed E-state index contributed by atoms with van der Waals surface area (Å²) < 4.78 is 6.37. The quantitative estimate of drug-likeness (QED) is 0.850. The van der Waals surface area contributed by atoms with Crippen molar-refractivity contribution in [2.75, 3.05) is 19.7 Å². The zero-order valence-corrected chi connectivity index (χ0v) is 16.2. The topological polar surface area (TPSA) is 32.7 Å². The van der Waals surface area contributed by atoms with Gasteiger partial charge in [0.15, 0.2) is 0 Å². The zero-order valence-electron chi connectivity index (χ0n) is 15.3. The number of aliphatic hydroxyl groups excluding tert-OH is 1. The number of benzene rings is 2. The third-order valence-electron chi connectivity index (χ3n) is 5.91. The second-order valence-corrected chi connectivity index (χ2v) is 7.59. The average Bonchev–Trinajstić information content (AvgIpc) is 3.08. The highest BCUT2D eigenvalue weighted by atomic mass is 35.5. The number of hydrogen-bond acceptors (Lipinski definition) is 3. The molecule has 3 nitrogen and oxygen atoms in total. The molecule has 0 amide bonds. The second kappa shape index (κ2) is 9.18. The van der Waals surface area contributed by atoms with Gasteiger partial charge < -0.3 is 9.84 Å². The van der Waals surface area contributed by atoms with Gasteiger partial charge >= 0.3 is 0 Å². The van der Waals surface area contributed by atoms with Gasteiger partial charge in [0.25, 0.3) is 0 Å². The van der Waals surface area contributed by atoms with E-state index in [1.807, 2.05) is 0 Å². The van der Waals surface area contributed by atoms with E-state index in [1.54, 1.807) is 0 Å². The largest absolute Gasteiger partial charge is 0.392 e. The third-order valence-corrected chi connectivity index (χ3v) is 5.91. The van der Waals surface area contributed by atoms with Crippen LogP contribution in [0.2, 0.25) is 0 Å². The van der Waals surface area contributed by atoms with E-state index in [0.29, 0.717) is 12.1 Å². The number of aliphatic hydroxyl groups is 1. The predicted octanol–water partition coefficient (Wildman–Crippen LogP) is 4.20. The molecule has 0 aromatic heterocycles. The summed E-state index contributed by atoms with van der Waals surface area (Å²) in [6, 6.07) is 15.6. The molecule has 26 heavy (non-hydrogen) atoms. The Balaban J connectivity index is 0.00000196. The molecule has 3 atom stereocenters. The minimum absolute atomic E-state index is 0. The molecule has 1 N–H and O–H groups in total. The van der Waals surface area contributed by atoms with Crippen LogP contribution in [0.15, 0.2) is 42.5 Å². The van der Waals surface area contributed by atoms with Gasteiger partial charge in [-0.1, -0.05) is 55.3 Å². The smallest absolute Gasteiger partial charge is 0.0730 e. The molecule has 1 heterocycles. The zero-order chi connectivity index (χ0) is 17.1. The Labute approximate surface area is 162 Å². The SMILES string of the molecule is Cl.OC1CCN(C2CCCCC2OCCc2cccc3ccccc23)C1. The van der Waals surface area contributed by atoms with Gasteiger partial charge in [-0.15, -0.1) is 12.4 Å². The Hall–Kier alpha value is -1.13. The summed E-state index contributed by atoms with van der Waals surface area (Å²) in [4.78, 5) is 2.46. The van der Waals surface area contributed by atoms with Crippen LogP contribution in [0.1, 0.15) is 37.7 Å². The molecule has 2 aromatic carbocycles. The third kappa shape index (κ3) is 4.40. The minimum Gasteiger partial charge on any atom is -0.392 e. The monoisotopic (exact) mass is 375 g/mol. The molecule has 2 fully saturated rings. The lowest BCUT2D eigenvalue weighted by atomic mass is 9.91. The molecular formula is C22H30ClNO2. The van der Waals surface area contributed by atoms with E-state index >= 15 is 0 Å². The molecule has 1 saturated carbocycles. The molecule has 3 unspecified atom stereocenters. The van der Waals surface area contributed by atoms with Gasteiger partial charge in [-0.2, -0.15) is 0 Å². The average molecular weight is 376 g/mol. The standard InChI is InChI=1S/C22H29NO2.ClH/c24-19-12-14-23(16-19)21-10-3-4-11-22(21)25-15-13-18-8-5-7-17-6-1-2-9-20(17)18;/h1-2,5-9,19,21-22,24H,3-4,10-16H2;1H. The number of fused-ring (bicyclic) bond motifs is 1. The molecule has 4 heteroatoms. The number of nitrogens with zero attached hydrogens (tertiary/aromatic N) is 1. The number of ether oxygens (including phenoxy) is 1. The van der Waals surface area contributed by atoms with Crippen molar-refractivity contribution in [2.45, 2.75) is 56.8 Å². The Bertz CT molecular complexity index is 702. The van der Waals surface area contributed by atoms with Crippen LogP contribution in [0.25, 0.3) is 10.8 Å². The van der Waals surface area contributed by atoms with Crippen molar-refractivity contribution < 1.29 is 9.84 Å². The Kier molecular flexibility index (Phi) is 6.93. The molecule has 1 aliphatic carbocycles. The molecule has 4 rings (SSSR count). The molecule has 0 radical (unpaired) electrons. The summed E-state index contributed by atoms with van der Waals surface area (Å²) in [5.74, 6) is 0. The highest BCUT2D eigenvalue weighted by Crippen LogP contribution is 2.28. The van der Waals surface area contributed by atoms with Crippen LogP contribution in [-0.4, -0.2) is 48.0 Å². The van der Waals surface area contributed by atoms with E-state index in [-0.39, 0.29) is 18.5 Å². The predicted molar refractivity (Wildman–Crippen MR) is 109 cm³/mol. The first kappa shape index (κ1) is 19.6. The van der Waals surface area contributed by atoms with E-state index in [1.165, 1.54) is 35.6 Å². The van der Waals surface area contributed by atoms with Crippen molar-refractivity contribution in [2.24, 2.45) is 0 Å². The number of rotatable bonds is 5. The van der Waals surface area contributed by atoms with Crippen LogP contribution in [0.3, 0.4) is 0 Å². The maximum atomic E-state index is 9.86. The van der Waals surface area contributed by atoms with E-state index in [2.05, 4.69) is 47.4 Å². The van der Waals surface area contributed by atoms with E-state index < -0.39 is 0 Å². The Morgan fingerprint density at radius 1 is 1.00 bits per heavy atom. The van der Waals surface area contributed by atoms with Crippen LogP contribution in [0.4, 0.5) is 0 Å². The first-order valence-electron chi connectivity index (χ1n) is 9.81. The van der Waals surface area contributed by atoms with Crippen molar-refractivity contribution in [3.63, 3.8) is 0 Å². The fraction of sp³-hybridized carbons (Fsp3) is 0.545. The maximum absolute atomic E-state index is 9.86. The van der Waals surface area contributed by atoms with Crippen LogP contribution >= 0.6 is 12.4 Å². The van der Waals surface area contributed by atoms with E-state index in [4.69, 9.17) is 4.74 Å². The van der Waals surface area contributed by atoms with Gasteiger partial charge in [0, 0.05) is 19.1 Å². The molecule has 0 bridgehead atoms. The highest BCUT2D eigenvalue weighted by Gasteiger charge is 2.34. The summed E-state index contributed by atoms with van der Waals surface area (Å²) in [5, 5.41) is 12.5. The number of halogens is 1.